The normalized spacial score (nSPS) is 42.5. The van der Waals surface area contributed by atoms with Crippen LogP contribution in [0.25, 0.3) is 10.1 Å². The van der Waals surface area contributed by atoms with Gasteiger partial charge < -0.3 is 53.2 Å². The minimum absolute atomic E-state index is 0.00375. The van der Waals surface area contributed by atoms with E-state index in [0.717, 1.165) is 30.3 Å². The third-order valence-electron chi connectivity index (χ3n) is 15.7. The number of anilines is 1. The van der Waals surface area contributed by atoms with Crippen molar-refractivity contribution < 1.29 is 52.6 Å². The lowest BCUT2D eigenvalue weighted by molar-refractivity contribution is -0.314. The van der Waals surface area contributed by atoms with Crippen molar-refractivity contribution in [2.45, 2.75) is 165 Å². The first-order valence-corrected chi connectivity index (χ1v) is 24.5. The van der Waals surface area contributed by atoms with Crippen LogP contribution in [0.4, 0.5) is 5.69 Å². The van der Waals surface area contributed by atoms with E-state index in [1.165, 1.54) is 4.70 Å². The first-order valence-electron chi connectivity index (χ1n) is 23.6. The first-order chi connectivity index (χ1) is 30.3. The van der Waals surface area contributed by atoms with Crippen LogP contribution in [0.15, 0.2) is 41.3 Å². The van der Waals surface area contributed by atoms with Crippen molar-refractivity contribution in [3.63, 3.8) is 0 Å². The Morgan fingerprint density at radius 2 is 1.65 bits per heavy atom. The molecular formula is C49H72N2O11S. The van der Waals surface area contributed by atoms with E-state index < -0.39 is 48.8 Å². The number of Topliss-reactive ketones (excluding diaryl/α,β-unsaturated/α-hetero) is 1. The van der Waals surface area contributed by atoms with E-state index in [1.54, 1.807) is 32.7 Å². The predicted octanol–water partition coefficient (Wildman–Crippen LogP) is 6.99. The summed E-state index contributed by atoms with van der Waals surface area (Å²) in [5.74, 6) is -1.83. The molecule has 0 amide bonds. The molecule has 0 bridgehead atoms. The number of hydrogen-bond acceptors (Lipinski definition) is 14. The van der Waals surface area contributed by atoms with Crippen molar-refractivity contribution in [1.82, 2.24) is 4.90 Å². The molecule has 14 heteroatoms. The maximum absolute atomic E-state index is 15.3. The molecule has 0 spiro atoms. The SMILES string of the molecule is CC[C@H]1CCC[C@H](O[C@H]2CC[C@H](N(C)C)C(C)O2)[C@@H](C)C(=O)C2=C[C@H]3[C@@H]4C[C@H](O[C@@H]5OC(C)[C@H](OC)C(OC)[C@@H]5OC)C[C@H]4[C@@H](O)[C@H](Nc4ccc5sccc5c4)[C@H]3[C@@H]2CC(=O)O1. The summed E-state index contributed by atoms with van der Waals surface area (Å²) in [6, 6.07) is 8.23. The quantitative estimate of drug-likeness (QED) is 0.224. The number of aliphatic hydroxyl groups excluding tert-OH is 1. The molecule has 0 radical (unpaired) electrons. The first kappa shape index (κ1) is 47.0. The summed E-state index contributed by atoms with van der Waals surface area (Å²) < 4.78 is 51.5. The van der Waals surface area contributed by atoms with Crippen LogP contribution < -0.4 is 5.32 Å². The Morgan fingerprint density at radius 3 is 2.37 bits per heavy atom. The van der Waals surface area contributed by atoms with Crippen LogP contribution in [0.1, 0.15) is 85.5 Å². The molecule has 2 N–H and O–H groups in total. The Balaban J connectivity index is 1.12. The number of nitrogens with zero attached hydrogens (tertiary/aromatic N) is 1. The minimum Gasteiger partial charge on any atom is -0.462 e. The number of methoxy groups -OCH3 is 3. The molecule has 3 aliphatic carbocycles. The molecule has 3 aliphatic heterocycles. The molecule has 350 valence electrons. The zero-order valence-corrected chi connectivity index (χ0v) is 39.5. The fourth-order valence-corrected chi connectivity index (χ4v) is 13.2. The predicted molar refractivity (Wildman–Crippen MR) is 240 cm³/mol. The second-order valence-corrected chi connectivity index (χ2v) is 20.4. The number of nitrogens with one attached hydrogen (secondary N) is 1. The number of carbonyl (C=O) groups excluding carboxylic acids is 2. The number of aliphatic hydroxyl groups is 1. The second kappa shape index (κ2) is 20.2. The van der Waals surface area contributed by atoms with E-state index >= 15 is 4.79 Å². The van der Waals surface area contributed by atoms with Crippen molar-refractivity contribution in [1.29, 1.82) is 0 Å². The number of fused-ring (bicyclic) bond motifs is 6. The highest BCUT2D eigenvalue weighted by Gasteiger charge is 2.60. The fraction of sp³-hybridized carbons (Fsp3) is 0.755. The Kier molecular flexibility index (Phi) is 15.0. The number of ether oxygens (including phenoxy) is 8. The van der Waals surface area contributed by atoms with Gasteiger partial charge in [0.2, 0.25) is 0 Å². The van der Waals surface area contributed by atoms with E-state index in [1.807, 2.05) is 13.8 Å². The minimum atomic E-state index is -0.800. The lowest BCUT2D eigenvalue weighted by Gasteiger charge is -2.47. The average Bonchev–Trinajstić information content (AvgIpc) is 4.00. The summed E-state index contributed by atoms with van der Waals surface area (Å²) in [6.07, 6.45) is 3.55. The molecule has 2 aromatic rings. The van der Waals surface area contributed by atoms with E-state index in [2.05, 4.69) is 73.9 Å². The third kappa shape index (κ3) is 9.55. The molecule has 1 aromatic heterocycles. The zero-order valence-electron chi connectivity index (χ0n) is 38.7. The van der Waals surface area contributed by atoms with Gasteiger partial charge in [0, 0.05) is 49.6 Å². The van der Waals surface area contributed by atoms with Crippen molar-refractivity contribution in [2.75, 3.05) is 40.7 Å². The Hall–Kier alpha value is -2.50. The lowest BCUT2D eigenvalue weighted by atomic mass is 9.62. The summed E-state index contributed by atoms with van der Waals surface area (Å²) in [7, 11) is 9.08. The highest BCUT2D eigenvalue weighted by Crippen LogP contribution is 2.57. The zero-order chi connectivity index (χ0) is 44.7. The topological polar surface area (TPSA) is 143 Å². The molecule has 3 saturated heterocycles. The van der Waals surface area contributed by atoms with Gasteiger partial charge in [-0.3, -0.25) is 9.59 Å². The van der Waals surface area contributed by atoms with Crippen LogP contribution in [-0.4, -0.2) is 137 Å². The van der Waals surface area contributed by atoms with Crippen LogP contribution in [0, 0.1) is 35.5 Å². The van der Waals surface area contributed by atoms with Gasteiger partial charge in [0.15, 0.2) is 18.4 Å². The number of allylic oxidation sites excluding steroid dienone is 2. The number of cyclic esters (lactones) is 1. The van der Waals surface area contributed by atoms with Gasteiger partial charge in [-0.25, -0.2) is 0 Å². The number of likely N-dealkylation sites (N-methyl/N-ethyl adjacent to an activating group) is 1. The van der Waals surface area contributed by atoms with Crippen molar-refractivity contribution >= 4 is 38.9 Å². The third-order valence-corrected chi connectivity index (χ3v) is 16.6. The number of hydrogen-bond donors (Lipinski definition) is 2. The molecule has 19 atom stereocenters. The lowest BCUT2D eigenvalue weighted by Crippen LogP contribution is -2.59. The Labute approximate surface area is 377 Å². The molecule has 2 saturated carbocycles. The highest BCUT2D eigenvalue weighted by atomic mass is 32.1. The van der Waals surface area contributed by atoms with Crippen molar-refractivity contribution in [2.24, 2.45) is 35.5 Å². The van der Waals surface area contributed by atoms with E-state index in [0.29, 0.717) is 43.7 Å². The number of carbonyl (C=O) groups is 2. The van der Waals surface area contributed by atoms with Gasteiger partial charge in [0.1, 0.15) is 24.4 Å². The van der Waals surface area contributed by atoms with E-state index in [4.69, 9.17) is 37.9 Å². The maximum atomic E-state index is 15.3. The van der Waals surface area contributed by atoms with Crippen molar-refractivity contribution in [3.05, 3.63) is 41.3 Å². The van der Waals surface area contributed by atoms with Crippen molar-refractivity contribution in [3.8, 4) is 0 Å². The van der Waals surface area contributed by atoms with E-state index in [9.17, 15) is 9.90 Å². The van der Waals surface area contributed by atoms with Gasteiger partial charge in [-0.05, 0) is 144 Å². The molecular weight excluding hydrogens is 825 g/mol. The smallest absolute Gasteiger partial charge is 0.306 e. The van der Waals surface area contributed by atoms with Crippen LogP contribution >= 0.6 is 11.3 Å². The van der Waals surface area contributed by atoms with Crippen LogP contribution in [-0.2, 0) is 47.5 Å². The molecule has 1 aromatic carbocycles. The van der Waals surface area contributed by atoms with Gasteiger partial charge in [-0.1, -0.05) is 19.9 Å². The number of benzene rings is 1. The van der Waals surface area contributed by atoms with Gasteiger partial charge >= 0.3 is 5.97 Å². The number of esters is 1. The summed E-state index contributed by atoms with van der Waals surface area (Å²) in [4.78, 5) is 31.6. The van der Waals surface area contributed by atoms with Gasteiger partial charge in [-0.2, -0.15) is 0 Å². The average molecular weight is 897 g/mol. The van der Waals surface area contributed by atoms with E-state index in [-0.39, 0.29) is 78.5 Å². The number of thiophene rings is 1. The molecule has 13 nitrogen and oxygen atoms in total. The standard InChI is InChI=1S/C49H72N2O11S/c1-10-30-12-11-13-38(62-41-17-15-37(51(5)6)26(3)58-41)25(2)44(53)36-23-33-32-21-31(61-49-48(57-9)47(56-8)46(55-7)27(4)59-49)22-35(32)45(54)43(42(33)34(36)24-40(52)60-30)50-29-14-16-39-28(20-29)18-19-63-39/h14,16,18-20,23,25-27,30-35,37-38,41-43,45-50,54H,10-13,15,17,21-22,24H2,1-9H3/t25-,26?,27?,30+,31+,32+,33+,34-,35-,37+,38+,41+,42-,43-,45-,46+,47?,48+,49+/m1/s1. The Bertz CT molecular complexity index is 1910. The summed E-state index contributed by atoms with van der Waals surface area (Å²) in [5.41, 5.74) is 1.54. The molecule has 8 rings (SSSR count). The highest BCUT2D eigenvalue weighted by molar-refractivity contribution is 7.17. The van der Waals surface area contributed by atoms with Gasteiger partial charge in [0.25, 0.3) is 0 Å². The largest absolute Gasteiger partial charge is 0.462 e. The monoisotopic (exact) mass is 896 g/mol. The van der Waals surface area contributed by atoms with Crippen LogP contribution in [0.3, 0.4) is 0 Å². The second-order valence-electron chi connectivity index (χ2n) is 19.4. The molecule has 5 fully saturated rings. The molecule has 4 heterocycles. The number of ketones is 1. The fourth-order valence-electron chi connectivity index (χ4n) is 12.5. The molecule has 3 unspecified atom stereocenters. The molecule has 6 aliphatic rings. The summed E-state index contributed by atoms with van der Waals surface area (Å²) >= 11 is 1.69. The Morgan fingerprint density at radius 1 is 0.889 bits per heavy atom. The maximum Gasteiger partial charge on any atom is 0.306 e. The molecule has 63 heavy (non-hydrogen) atoms. The van der Waals surface area contributed by atoms with Gasteiger partial charge in [-0.15, -0.1) is 11.3 Å². The summed E-state index contributed by atoms with van der Waals surface area (Å²) in [5, 5.41) is 19.7. The van der Waals surface area contributed by atoms with Gasteiger partial charge in [0.05, 0.1) is 43.0 Å². The van der Waals surface area contributed by atoms with Crippen LogP contribution in [0.2, 0.25) is 0 Å². The van der Waals surface area contributed by atoms with Crippen LogP contribution in [0.5, 0.6) is 0 Å². The number of rotatable bonds is 11. The summed E-state index contributed by atoms with van der Waals surface area (Å²) in [6.45, 7) is 8.09.